The van der Waals surface area contributed by atoms with Crippen molar-refractivity contribution in [1.29, 1.82) is 0 Å². The number of nitrogens with one attached hydrogen (secondary N) is 1. The van der Waals surface area contributed by atoms with Crippen molar-refractivity contribution in [2.24, 2.45) is 5.92 Å². The van der Waals surface area contributed by atoms with Crippen molar-refractivity contribution in [2.75, 3.05) is 14.1 Å². The van der Waals surface area contributed by atoms with Crippen LogP contribution in [-0.2, 0) is 0 Å². The van der Waals surface area contributed by atoms with Crippen molar-refractivity contribution in [1.82, 2.24) is 10.4 Å². The molecule has 0 saturated heterocycles. The van der Waals surface area contributed by atoms with Crippen LogP contribution in [0, 0.1) is 5.92 Å². The van der Waals surface area contributed by atoms with Gasteiger partial charge in [0.15, 0.2) is 0 Å². The van der Waals surface area contributed by atoms with Gasteiger partial charge in [0.05, 0.1) is 6.04 Å². The fraction of sp³-hybridized carbons (Fsp3) is 0.600. The Hall–Kier alpha value is -0.380. The largest absolute Gasteiger partial charge is 0.250 e. The molecule has 0 aliphatic carbocycles. The van der Waals surface area contributed by atoms with E-state index in [0.29, 0.717) is 12.0 Å². The lowest BCUT2D eigenvalue weighted by Crippen LogP contribution is -2.36. The highest BCUT2D eigenvalue weighted by Gasteiger charge is 2.16. The van der Waals surface area contributed by atoms with E-state index in [2.05, 4.69) is 36.8 Å². The zero-order valence-electron chi connectivity index (χ0n) is 8.74. The van der Waals surface area contributed by atoms with Crippen LogP contribution in [0.3, 0.4) is 0 Å². The highest BCUT2D eigenvalue weighted by Crippen LogP contribution is 2.25. The molecule has 0 spiro atoms. The minimum atomic E-state index is 0.440. The van der Waals surface area contributed by atoms with Gasteiger partial charge in [-0.05, 0) is 17.4 Å². The van der Waals surface area contributed by atoms with Crippen LogP contribution in [0.4, 0.5) is 0 Å². The molecule has 1 N–H and O–H groups in total. The summed E-state index contributed by atoms with van der Waals surface area (Å²) in [5.74, 6) is 0.612. The third-order valence-electron chi connectivity index (χ3n) is 1.91. The number of hydrogen-bond acceptors (Lipinski definition) is 3. The molecule has 0 bridgehead atoms. The maximum atomic E-state index is 3.43. The minimum Gasteiger partial charge on any atom is -0.250 e. The van der Waals surface area contributed by atoms with Gasteiger partial charge in [0.1, 0.15) is 0 Å². The van der Waals surface area contributed by atoms with Gasteiger partial charge in [0.2, 0.25) is 0 Å². The van der Waals surface area contributed by atoms with Crippen LogP contribution >= 0.6 is 11.3 Å². The Bertz CT molecular complexity index is 229. The molecule has 74 valence electrons. The van der Waals surface area contributed by atoms with Crippen molar-refractivity contribution in [3.63, 3.8) is 0 Å². The lowest BCUT2D eigenvalue weighted by Gasteiger charge is -2.25. The molecule has 0 fully saturated rings. The lowest BCUT2D eigenvalue weighted by atomic mass is 10.0. The predicted molar refractivity (Wildman–Crippen MR) is 58.7 cm³/mol. The normalized spacial score (nSPS) is 14.0. The van der Waals surface area contributed by atoms with E-state index in [1.165, 1.54) is 4.88 Å². The zero-order valence-corrected chi connectivity index (χ0v) is 9.56. The number of hydrazine groups is 1. The lowest BCUT2D eigenvalue weighted by molar-refractivity contribution is 0.212. The van der Waals surface area contributed by atoms with Crippen LogP contribution in [0.2, 0.25) is 0 Å². The average Bonchev–Trinajstić information content (AvgIpc) is 2.50. The minimum absolute atomic E-state index is 0.440. The summed E-state index contributed by atoms with van der Waals surface area (Å²) >= 11 is 1.81. The van der Waals surface area contributed by atoms with Crippen LogP contribution < -0.4 is 5.43 Å². The van der Waals surface area contributed by atoms with Crippen molar-refractivity contribution in [2.45, 2.75) is 19.9 Å². The van der Waals surface area contributed by atoms with E-state index in [4.69, 9.17) is 0 Å². The summed E-state index contributed by atoms with van der Waals surface area (Å²) in [6, 6.07) is 4.73. The number of nitrogens with zero attached hydrogens (tertiary/aromatic N) is 1. The monoisotopic (exact) mass is 198 g/mol. The summed E-state index contributed by atoms with van der Waals surface area (Å²) in [7, 11) is 4.06. The molecule has 1 rings (SSSR count). The van der Waals surface area contributed by atoms with Crippen LogP contribution in [0.1, 0.15) is 24.8 Å². The Morgan fingerprint density at radius 2 is 2.08 bits per heavy atom. The van der Waals surface area contributed by atoms with E-state index >= 15 is 0 Å². The summed E-state index contributed by atoms with van der Waals surface area (Å²) in [5, 5.41) is 4.15. The van der Waals surface area contributed by atoms with Gasteiger partial charge in [0.25, 0.3) is 0 Å². The first-order valence-electron chi connectivity index (χ1n) is 4.58. The molecule has 3 heteroatoms. The van der Waals surface area contributed by atoms with E-state index < -0.39 is 0 Å². The molecule has 1 aromatic heterocycles. The van der Waals surface area contributed by atoms with Crippen molar-refractivity contribution < 1.29 is 0 Å². The first-order valence-corrected chi connectivity index (χ1v) is 5.46. The second-order valence-corrected chi connectivity index (χ2v) is 4.74. The Balaban J connectivity index is 2.69. The molecule has 0 saturated carbocycles. The molecule has 0 aromatic carbocycles. The van der Waals surface area contributed by atoms with Crippen LogP contribution in [-0.4, -0.2) is 19.1 Å². The topological polar surface area (TPSA) is 15.3 Å². The van der Waals surface area contributed by atoms with Crippen LogP contribution in [0.15, 0.2) is 17.5 Å². The van der Waals surface area contributed by atoms with E-state index in [0.717, 1.165) is 0 Å². The van der Waals surface area contributed by atoms with Gasteiger partial charge in [-0.1, -0.05) is 19.9 Å². The standard InChI is InChI=1S/C10H18N2S/c1-8(2)10(11-12(3)4)9-6-5-7-13-9/h5-8,10-11H,1-4H3. The first kappa shape index (κ1) is 10.7. The quantitative estimate of drug-likeness (QED) is 0.748. The smallest absolute Gasteiger partial charge is 0.0580 e. The van der Waals surface area contributed by atoms with E-state index in [1.807, 2.05) is 30.4 Å². The molecule has 1 heterocycles. The summed E-state index contributed by atoms with van der Waals surface area (Å²) in [5.41, 5.74) is 3.43. The SMILES string of the molecule is CC(C)C(NN(C)C)c1cccs1. The Labute approximate surface area is 84.5 Å². The number of rotatable bonds is 4. The Kier molecular flexibility index (Phi) is 3.90. The van der Waals surface area contributed by atoms with Gasteiger partial charge in [-0.3, -0.25) is 0 Å². The molecule has 1 unspecified atom stereocenters. The molecular weight excluding hydrogens is 180 g/mol. The molecule has 1 atom stereocenters. The Morgan fingerprint density at radius 1 is 1.38 bits per heavy atom. The van der Waals surface area contributed by atoms with Crippen molar-refractivity contribution in [3.05, 3.63) is 22.4 Å². The fourth-order valence-electron chi connectivity index (χ4n) is 1.29. The highest BCUT2D eigenvalue weighted by atomic mass is 32.1. The third-order valence-corrected chi connectivity index (χ3v) is 2.87. The maximum Gasteiger partial charge on any atom is 0.0580 e. The molecule has 0 amide bonds. The van der Waals surface area contributed by atoms with Gasteiger partial charge in [-0.15, -0.1) is 11.3 Å². The number of thiophene rings is 1. The molecule has 0 radical (unpaired) electrons. The van der Waals surface area contributed by atoms with Gasteiger partial charge < -0.3 is 0 Å². The molecule has 1 aromatic rings. The Morgan fingerprint density at radius 3 is 2.46 bits per heavy atom. The summed E-state index contributed by atoms with van der Waals surface area (Å²) in [4.78, 5) is 1.41. The highest BCUT2D eigenvalue weighted by molar-refractivity contribution is 7.10. The predicted octanol–water partition coefficient (Wildman–Crippen LogP) is 2.51. The zero-order chi connectivity index (χ0) is 9.84. The van der Waals surface area contributed by atoms with Crippen molar-refractivity contribution in [3.8, 4) is 0 Å². The molecule has 0 aliphatic rings. The molecule has 2 nitrogen and oxygen atoms in total. The second kappa shape index (κ2) is 4.74. The maximum absolute atomic E-state index is 3.43. The summed E-state index contributed by atoms with van der Waals surface area (Å²) in [6.45, 7) is 4.47. The molecule has 0 aliphatic heterocycles. The van der Waals surface area contributed by atoms with Crippen molar-refractivity contribution >= 4 is 11.3 Å². The summed E-state index contributed by atoms with van der Waals surface area (Å²) in [6.07, 6.45) is 0. The summed E-state index contributed by atoms with van der Waals surface area (Å²) < 4.78 is 0. The van der Waals surface area contributed by atoms with Gasteiger partial charge >= 0.3 is 0 Å². The molecular formula is C10H18N2S. The molecule has 13 heavy (non-hydrogen) atoms. The fourth-order valence-corrected chi connectivity index (χ4v) is 2.23. The van der Waals surface area contributed by atoms with Gasteiger partial charge in [0, 0.05) is 19.0 Å². The first-order chi connectivity index (χ1) is 6.11. The van der Waals surface area contributed by atoms with Crippen LogP contribution in [0.25, 0.3) is 0 Å². The van der Waals surface area contributed by atoms with Crippen LogP contribution in [0.5, 0.6) is 0 Å². The van der Waals surface area contributed by atoms with Gasteiger partial charge in [-0.2, -0.15) is 0 Å². The number of hydrogen-bond donors (Lipinski definition) is 1. The van der Waals surface area contributed by atoms with E-state index in [-0.39, 0.29) is 0 Å². The van der Waals surface area contributed by atoms with E-state index in [1.54, 1.807) is 0 Å². The average molecular weight is 198 g/mol. The van der Waals surface area contributed by atoms with E-state index in [9.17, 15) is 0 Å². The van der Waals surface area contributed by atoms with Gasteiger partial charge in [-0.25, -0.2) is 10.4 Å². The second-order valence-electron chi connectivity index (χ2n) is 3.76. The third kappa shape index (κ3) is 3.10.